The Kier molecular flexibility index (Phi) is 5.15. The lowest BCUT2D eigenvalue weighted by Crippen LogP contribution is -2.53. The third-order valence-corrected chi connectivity index (χ3v) is 4.13. The van der Waals surface area contributed by atoms with Crippen molar-refractivity contribution in [1.82, 2.24) is 9.80 Å². The van der Waals surface area contributed by atoms with E-state index in [0.29, 0.717) is 12.6 Å². The minimum atomic E-state index is 0.147. The van der Waals surface area contributed by atoms with Crippen LogP contribution >= 0.6 is 0 Å². The number of aryl methyl sites for hydroxylation is 1. The Morgan fingerprint density at radius 3 is 2.55 bits per heavy atom. The van der Waals surface area contributed by atoms with Gasteiger partial charge in [0.15, 0.2) is 0 Å². The molecule has 0 aromatic heterocycles. The number of amides is 1. The third kappa shape index (κ3) is 3.38. The minimum Gasteiger partial charge on any atom is -0.336 e. The van der Waals surface area contributed by atoms with Gasteiger partial charge in [0.2, 0.25) is 0 Å². The predicted molar refractivity (Wildman–Crippen MR) is 81.8 cm³/mol. The largest absolute Gasteiger partial charge is 0.336 e. The lowest BCUT2D eigenvalue weighted by Gasteiger charge is -2.38. The van der Waals surface area contributed by atoms with Gasteiger partial charge in [0, 0.05) is 44.3 Å². The average molecular weight is 275 g/mol. The fourth-order valence-corrected chi connectivity index (χ4v) is 2.82. The third-order valence-electron chi connectivity index (χ3n) is 4.13. The van der Waals surface area contributed by atoms with Gasteiger partial charge in [-0.1, -0.05) is 24.6 Å². The monoisotopic (exact) mass is 275 g/mol. The summed E-state index contributed by atoms with van der Waals surface area (Å²) in [5, 5.41) is 0. The standard InChI is InChI=1S/C16H25N3O/c1-3-15(12-17)18-7-9-19(10-8-18)16(20)14-6-4-5-13(2)11-14/h4-6,11,15H,3,7-10,12,17H2,1-2H3. The van der Waals surface area contributed by atoms with Crippen LogP contribution in [0.2, 0.25) is 0 Å². The van der Waals surface area contributed by atoms with Crippen LogP contribution in [0.4, 0.5) is 0 Å². The van der Waals surface area contributed by atoms with E-state index in [2.05, 4.69) is 11.8 Å². The van der Waals surface area contributed by atoms with E-state index >= 15 is 0 Å². The summed E-state index contributed by atoms with van der Waals surface area (Å²) in [5.41, 5.74) is 7.72. The second kappa shape index (κ2) is 6.86. The number of nitrogens with two attached hydrogens (primary N) is 1. The Balaban J connectivity index is 1.95. The molecule has 0 saturated carbocycles. The maximum absolute atomic E-state index is 12.5. The van der Waals surface area contributed by atoms with Gasteiger partial charge in [0.1, 0.15) is 0 Å². The molecule has 110 valence electrons. The number of nitrogens with zero attached hydrogens (tertiary/aromatic N) is 2. The Hall–Kier alpha value is -1.39. The molecular weight excluding hydrogens is 250 g/mol. The highest BCUT2D eigenvalue weighted by molar-refractivity contribution is 5.94. The molecule has 1 aliphatic heterocycles. The van der Waals surface area contributed by atoms with Gasteiger partial charge in [0.25, 0.3) is 5.91 Å². The molecule has 1 aromatic rings. The number of hydrogen-bond donors (Lipinski definition) is 1. The van der Waals surface area contributed by atoms with E-state index in [9.17, 15) is 4.79 Å². The van der Waals surface area contributed by atoms with Crippen molar-refractivity contribution in [2.75, 3.05) is 32.7 Å². The van der Waals surface area contributed by atoms with Gasteiger partial charge in [-0.05, 0) is 25.5 Å². The van der Waals surface area contributed by atoms with Crippen molar-refractivity contribution < 1.29 is 4.79 Å². The highest BCUT2D eigenvalue weighted by Crippen LogP contribution is 2.13. The van der Waals surface area contributed by atoms with Gasteiger partial charge in [0.05, 0.1) is 0 Å². The van der Waals surface area contributed by atoms with Crippen LogP contribution < -0.4 is 5.73 Å². The number of hydrogen-bond acceptors (Lipinski definition) is 3. The van der Waals surface area contributed by atoms with Crippen LogP contribution in [0.15, 0.2) is 24.3 Å². The van der Waals surface area contributed by atoms with Crippen LogP contribution in [0.25, 0.3) is 0 Å². The van der Waals surface area contributed by atoms with Gasteiger partial charge in [-0.2, -0.15) is 0 Å². The molecule has 2 N–H and O–H groups in total. The molecule has 0 aliphatic carbocycles. The van der Waals surface area contributed by atoms with Crippen LogP contribution in [0.3, 0.4) is 0 Å². The van der Waals surface area contributed by atoms with E-state index in [1.807, 2.05) is 36.1 Å². The molecule has 1 saturated heterocycles. The molecule has 2 rings (SSSR count). The Bertz CT molecular complexity index is 449. The first kappa shape index (κ1) is 15.0. The second-order valence-corrected chi connectivity index (χ2v) is 5.50. The van der Waals surface area contributed by atoms with E-state index in [1.165, 1.54) is 0 Å². The summed E-state index contributed by atoms with van der Waals surface area (Å²) in [6.07, 6.45) is 1.07. The van der Waals surface area contributed by atoms with E-state index in [4.69, 9.17) is 5.73 Å². The van der Waals surface area contributed by atoms with Crippen molar-refractivity contribution in [2.45, 2.75) is 26.3 Å². The molecule has 4 nitrogen and oxygen atoms in total. The first-order valence-electron chi connectivity index (χ1n) is 7.45. The highest BCUT2D eigenvalue weighted by atomic mass is 16.2. The summed E-state index contributed by atoms with van der Waals surface area (Å²) in [7, 11) is 0. The SMILES string of the molecule is CCC(CN)N1CCN(C(=O)c2cccc(C)c2)CC1. The van der Waals surface area contributed by atoms with E-state index in [1.54, 1.807) is 0 Å². The lowest BCUT2D eigenvalue weighted by atomic mass is 10.1. The average Bonchev–Trinajstić information content (AvgIpc) is 2.48. The number of carbonyl (C=O) groups is 1. The summed E-state index contributed by atoms with van der Waals surface area (Å²) in [6.45, 7) is 8.32. The van der Waals surface area contributed by atoms with Gasteiger partial charge in [-0.3, -0.25) is 9.69 Å². The van der Waals surface area contributed by atoms with Crippen molar-refractivity contribution in [3.63, 3.8) is 0 Å². The van der Waals surface area contributed by atoms with Crippen molar-refractivity contribution in [2.24, 2.45) is 5.73 Å². The zero-order valence-corrected chi connectivity index (χ0v) is 12.5. The van der Waals surface area contributed by atoms with Gasteiger partial charge >= 0.3 is 0 Å². The van der Waals surface area contributed by atoms with Gasteiger partial charge in [-0.25, -0.2) is 0 Å². The minimum absolute atomic E-state index is 0.147. The quantitative estimate of drug-likeness (QED) is 0.906. The molecule has 1 heterocycles. The summed E-state index contributed by atoms with van der Waals surface area (Å²) < 4.78 is 0. The van der Waals surface area contributed by atoms with Gasteiger partial charge < -0.3 is 10.6 Å². The molecular formula is C16H25N3O. The fraction of sp³-hybridized carbons (Fsp3) is 0.562. The molecule has 0 bridgehead atoms. The van der Waals surface area contributed by atoms with Crippen LogP contribution in [0, 0.1) is 6.92 Å². The van der Waals surface area contributed by atoms with Crippen molar-refractivity contribution in [3.05, 3.63) is 35.4 Å². The molecule has 0 spiro atoms. The molecule has 1 atom stereocenters. The van der Waals surface area contributed by atoms with Gasteiger partial charge in [-0.15, -0.1) is 0 Å². The Morgan fingerprint density at radius 2 is 2.00 bits per heavy atom. The summed E-state index contributed by atoms with van der Waals surface area (Å²) in [5.74, 6) is 0.147. The first-order chi connectivity index (χ1) is 9.65. The Labute approximate surface area is 121 Å². The summed E-state index contributed by atoms with van der Waals surface area (Å²) in [4.78, 5) is 16.8. The Morgan fingerprint density at radius 1 is 1.30 bits per heavy atom. The van der Waals surface area contributed by atoms with E-state index < -0.39 is 0 Å². The molecule has 1 amide bonds. The second-order valence-electron chi connectivity index (χ2n) is 5.50. The molecule has 1 aliphatic rings. The maximum atomic E-state index is 12.5. The van der Waals surface area contributed by atoms with Crippen molar-refractivity contribution >= 4 is 5.91 Å². The molecule has 0 radical (unpaired) electrons. The summed E-state index contributed by atoms with van der Waals surface area (Å²) >= 11 is 0. The smallest absolute Gasteiger partial charge is 0.253 e. The van der Waals surface area contributed by atoms with Crippen LogP contribution in [-0.4, -0.2) is 54.5 Å². The number of piperazine rings is 1. The zero-order valence-electron chi connectivity index (χ0n) is 12.5. The fourth-order valence-electron chi connectivity index (χ4n) is 2.82. The van der Waals surface area contributed by atoms with Crippen molar-refractivity contribution in [1.29, 1.82) is 0 Å². The number of rotatable bonds is 4. The first-order valence-corrected chi connectivity index (χ1v) is 7.45. The van der Waals surface area contributed by atoms with Crippen LogP contribution in [0.5, 0.6) is 0 Å². The van der Waals surface area contributed by atoms with E-state index in [-0.39, 0.29) is 5.91 Å². The lowest BCUT2D eigenvalue weighted by molar-refractivity contribution is 0.0571. The summed E-state index contributed by atoms with van der Waals surface area (Å²) in [6, 6.07) is 8.27. The van der Waals surface area contributed by atoms with E-state index in [0.717, 1.165) is 43.7 Å². The normalized spacial score (nSPS) is 18.1. The topological polar surface area (TPSA) is 49.6 Å². The molecule has 1 aromatic carbocycles. The van der Waals surface area contributed by atoms with Crippen LogP contribution in [-0.2, 0) is 0 Å². The number of benzene rings is 1. The van der Waals surface area contributed by atoms with Crippen molar-refractivity contribution in [3.8, 4) is 0 Å². The maximum Gasteiger partial charge on any atom is 0.253 e. The van der Waals surface area contributed by atoms with Crippen LogP contribution in [0.1, 0.15) is 29.3 Å². The molecule has 1 fully saturated rings. The predicted octanol–water partition coefficient (Wildman–Crippen LogP) is 1.49. The highest BCUT2D eigenvalue weighted by Gasteiger charge is 2.25. The number of carbonyl (C=O) groups excluding carboxylic acids is 1. The molecule has 1 unspecified atom stereocenters. The molecule has 4 heteroatoms. The molecule has 20 heavy (non-hydrogen) atoms. The zero-order chi connectivity index (χ0) is 14.5.